The van der Waals surface area contributed by atoms with Gasteiger partial charge >= 0.3 is 0 Å². The highest BCUT2D eigenvalue weighted by Crippen LogP contribution is 2.20. The molecule has 0 unspecified atom stereocenters. The highest BCUT2D eigenvalue weighted by molar-refractivity contribution is 8.00. The molecule has 2 aromatic carbocycles. The van der Waals surface area contributed by atoms with E-state index in [2.05, 4.69) is 20.5 Å². The zero-order chi connectivity index (χ0) is 16.8. The molecule has 1 amide bonds. The highest BCUT2D eigenvalue weighted by atomic mass is 32.2. The number of carbonyl (C=O) groups excluding carboxylic acids is 1. The maximum atomic E-state index is 12.4. The third-order valence-corrected chi connectivity index (χ3v) is 4.44. The topological polar surface area (TPSA) is 70.7 Å². The number of aromatic amines is 1. The first-order valence-electron chi connectivity index (χ1n) is 7.63. The molecule has 122 valence electrons. The molecule has 0 saturated carbocycles. The Morgan fingerprint density at radius 1 is 1.12 bits per heavy atom. The monoisotopic (exact) mass is 338 g/mol. The molecule has 0 bridgehead atoms. The third-order valence-electron chi connectivity index (χ3n) is 3.42. The van der Waals surface area contributed by atoms with Crippen LogP contribution in [0.1, 0.15) is 23.3 Å². The van der Waals surface area contributed by atoms with Gasteiger partial charge in [0.25, 0.3) is 0 Å². The first kappa shape index (κ1) is 16.3. The Morgan fingerprint density at radius 2 is 1.79 bits per heavy atom. The summed E-state index contributed by atoms with van der Waals surface area (Å²) in [5.74, 6) is 1.58. The molecule has 2 N–H and O–H groups in total. The number of aromatic nitrogens is 3. The molecule has 1 aromatic heterocycles. The van der Waals surface area contributed by atoms with E-state index in [0.717, 1.165) is 16.3 Å². The van der Waals surface area contributed by atoms with Gasteiger partial charge in [0.1, 0.15) is 11.9 Å². The van der Waals surface area contributed by atoms with Gasteiger partial charge in [-0.1, -0.05) is 48.5 Å². The number of aryl methyl sites for hydroxylation is 1. The number of benzene rings is 2. The van der Waals surface area contributed by atoms with Crippen LogP contribution < -0.4 is 5.32 Å². The van der Waals surface area contributed by atoms with Gasteiger partial charge in [-0.3, -0.25) is 9.89 Å². The minimum absolute atomic E-state index is 0.0554. The molecular formula is C18H18N4OS. The lowest BCUT2D eigenvalue weighted by atomic mass is 10.1. The first-order valence-corrected chi connectivity index (χ1v) is 8.62. The summed E-state index contributed by atoms with van der Waals surface area (Å²) in [6, 6.07) is 19.2. The smallest absolute Gasteiger partial charge is 0.231 e. The van der Waals surface area contributed by atoms with E-state index in [1.165, 1.54) is 11.8 Å². The van der Waals surface area contributed by atoms with Crippen LogP contribution in [0.25, 0.3) is 0 Å². The number of nitrogens with one attached hydrogen (secondary N) is 2. The van der Waals surface area contributed by atoms with Gasteiger partial charge in [-0.25, -0.2) is 4.98 Å². The lowest BCUT2D eigenvalue weighted by molar-refractivity contribution is -0.119. The van der Waals surface area contributed by atoms with Crippen molar-refractivity contribution in [1.29, 1.82) is 0 Å². The summed E-state index contributed by atoms with van der Waals surface area (Å²) in [7, 11) is 0. The van der Waals surface area contributed by atoms with Crippen molar-refractivity contribution in [2.75, 3.05) is 5.75 Å². The molecule has 5 nitrogen and oxygen atoms in total. The normalized spacial score (nSPS) is 11.9. The van der Waals surface area contributed by atoms with Crippen LogP contribution in [0.5, 0.6) is 0 Å². The predicted molar refractivity (Wildman–Crippen MR) is 94.7 cm³/mol. The van der Waals surface area contributed by atoms with E-state index in [4.69, 9.17) is 0 Å². The second-order valence-corrected chi connectivity index (χ2v) is 6.34. The van der Waals surface area contributed by atoms with Crippen molar-refractivity contribution >= 4 is 17.7 Å². The molecule has 1 atom stereocenters. The van der Waals surface area contributed by atoms with E-state index in [0.29, 0.717) is 11.6 Å². The third kappa shape index (κ3) is 4.23. The minimum atomic E-state index is -0.361. The maximum Gasteiger partial charge on any atom is 0.231 e. The number of carbonyl (C=O) groups is 1. The van der Waals surface area contributed by atoms with Crippen molar-refractivity contribution in [2.45, 2.75) is 17.9 Å². The summed E-state index contributed by atoms with van der Waals surface area (Å²) < 4.78 is 0. The van der Waals surface area contributed by atoms with Crippen LogP contribution in [0.3, 0.4) is 0 Å². The van der Waals surface area contributed by atoms with Crippen molar-refractivity contribution in [3.63, 3.8) is 0 Å². The van der Waals surface area contributed by atoms with Gasteiger partial charge < -0.3 is 5.32 Å². The van der Waals surface area contributed by atoms with Crippen molar-refractivity contribution in [3.05, 3.63) is 77.9 Å². The number of nitrogens with zero attached hydrogens (tertiary/aromatic N) is 2. The molecule has 6 heteroatoms. The van der Waals surface area contributed by atoms with Gasteiger partial charge in [0.15, 0.2) is 5.82 Å². The Morgan fingerprint density at radius 3 is 2.42 bits per heavy atom. The van der Waals surface area contributed by atoms with Gasteiger partial charge in [-0.05, 0) is 24.6 Å². The molecule has 3 rings (SSSR count). The predicted octanol–water partition coefficient (Wildman–Crippen LogP) is 3.11. The van der Waals surface area contributed by atoms with E-state index in [1.807, 2.05) is 67.6 Å². The van der Waals surface area contributed by atoms with Crippen molar-refractivity contribution in [3.8, 4) is 0 Å². The zero-order valence-corrected chi connectivity index (χ0v) is 14.1. The zero-order valence-electron chi connectivity index (χ0n) is 13.3. The van der Waals surface area contributed by atoms with Gasteiger partial charge in [0, 0.05) is 4.90 Å². The SMILES string of the molecule is Cc1nc([C@H](NC(=O)CSc2ccccc2)c2ccccc2)n[nH]1. The summed E-state index contributed by atoms with van der Waals surface area (Å²) in [6.07, 6.45) is 0. The second-order valence-electron chi connectivity index (χ2n) is 5.29. The molecular weight excluding hydrogens is 320 g/mol. The molecule has 0 fully saturated rings. The fraction of sp³-hybridized carbons (Fsp3) is 0.167. The fourth-order valence-corrected chi connectivity index (χ4v) is 3.03. The Balaban J connectivity index is 1.71. The van der Waals surface area contributed by atoms with E-state index in [-0.39, 0.29) is 11.9 Å². The van der Waals surface area contributed by atoms with E-state index < -0.39 is 0 Å². The van der Waals surface area contributed by atoms with Gasteiger partial charge in [0.05, 0.1) is 5.75 Å². The van der Waals surface area contributed by atoms with Crippen LogP contribution in [-0.4, -0.2) is 26.8 Å². The fourth-order valence-electron chi connectivity index (χ4n) is 2.30. The summed E-state index contributed by atoms with van der Waals surface area (Å²) in [4.78, 5) is 17.8. The van der Waals surface area contributed by atoms with Crippen molar-refractivity contribution in [1.82, 2.24) is 20.5 Å². The molecule has 0 radical (unpaired) electrons. The van der Waals surface area contributed by atoms with E-state index in [1.54, 1.807) is 0 Å². The van der Waals surface area contributed by atoms with Crippen LogP contribution in [0.15, 0.2) is 65.6 Å². The Labute approximate surface area is 144 Å². The Bertz CT molecular complexity index is 789. The van der Waals surface area contributed by atoms with Crippen LogP contribution >= 0.6 is 11.8 Å². The number of thioether (sulfide) groups is 1. The molecule has 0 aliphatic carbocycles. The number of rotatable bonds is 6. The number of hydrogen-bond donors (Lipinski definition) is 2. The van der Waals surface area contributed by atoms with Crippen LogP contribution in [-0.2, 0) is 4.79 Å². The molecule has 0 spiro atoms. The lowest BCUT2D eigenvalue weighted by Crippen LogP contribution is -2.31. The largest absolute Gasteiger partial charge is 0.341 e. The summed E-state index contributed by atoms with van der Waals surface area (Å²) in [5.41, 5.74) is 0.953. The Kier molecular flexibility index (Phi) is 5.28. The van der Waals surface area contributed by atoms with Gasteiger partial charge in [-0.2, -0.15) is 5.10 Å². The standard InChI is InChI=1S/C18H18N4OS/c1-13-19-18(22-21-13)17(14-8-4-2-5-9-14)20-16(23)12-24-15-10-6-3-7-11-15/h2-11,17H,12H2,1H3,(H,20,23)(H,19,21,22)/t17-/m1/s1. The Hall–Kier alpha value is -2.60. The van der Waals surface area contributed by atoms with Gasteiger partial charge in [0.2, 0.25) is 5.91 Å². The average molecular weight is 338 g/mol. The quantitative estimate of drug-likeness (QED) is 0.678. The van der Waals surface area contributed by atoms with Gasteiger partial charge in [-0.15, -0.1) is 11.8 Å². The number of H-pyrrole nitrogens is 1. The summed E-state index contributed by atoms with van der Waals surface area (Å²) in [5, 5.41) is 10.1. The number of amides is 1. The molecule has 3 aromatic rings. The molecule has 1 heterocycles. The van der Waals surface area contributed by atoms with Crippen LogP contribution in [0.2, 0.25) is 0 Å². The summed E-state index contributed by atoms with van der Waals surface area (Å²) in [6.45, 7) is 1.84. The molecule has 0 saturated heterocycles. The van der Waals surface area contributed by atoms with Crippen LogP contribution in [0.4, 0.5) is 0 Å². The highest BCUT2D eigenvalue weighted by Gasteiger charge is 2.20. The first-order chi connectivity index (χ1) is 11.7. The van der Waals surface area contributed by atoms with Crippen molar-refractivity contribution in [2.24, 2.45) is 0 Å². The van der Waals surface area contributed by atoms with Crippen LogP contribution in [0, 0.1) is 6.92 Å². The average Bonchev–Trinajstić information content (AvgIpc) is 3.05. The molecule has 0 aliphatic heterocycles. The summed E-state index contributed by atoms with van der Waals surface area (Å²) >= 11 is 1.51. The maximum absolute atomic E-state index is 12.4. The molecule has 0 aliphatic rings. The van der Waals surface area contributed by atoms with E-state index >= 15 is 0 Å². The lowest BCUT2D eigenvalue weighted by Gasteiger charge is -2.16. The number of hydrogen-bond acceptors (Lipinski definition) is 4. The second kappa shape index (κ2) is 7.79. The van der Waals surface area contributed by atoms with Crippen molar-refractivity contribution < 1.29 is 4.79 Å². The molecule has 24 heavy (non-hydrogen) atoms. The van der Waals surface area contributed by atoms with E-state index in [9.17, 15) is 4.79 Å². The minimum Gasteiger partial charge on any atom is -0.341 e.